The van der Waals surface area contributed by atoms with Gasteiger partial charge in [-0.3, -0.25) is 4.79 Å². The molecule has 1 spiro atoms. The fourth-order valence-electron chi connectivity index (χ4n) is 3.38. The van der Waals surface area contributed by atoms with Gasteiger partial charge in [0.2, 0.25) is 5.78 Å². The van der Waals surface area contributed by atoms with Crippen LogP contribution in [0.15, 0.2) is 17.8 Å². The van der Waals surface area contributed by atoms with E-state index < -0.39 is 5.97 Å². The lowest BCUT2D eigenvalue weighted by atomic mass is 9.86. The van der Waals surface area contributed by atoms with Gasteiger partial charge in [0.25, 0.3) is 0 Å². The van der Waals surface area contributed by atoms with E-state index in [9.17, 15) is 9.59 Å². The minimum atomic E-state index is -0.432. The predicted octanol–water partition coefficient (Wildman–Crippen LogP) is 0.742. The Kier molecular flexibility index (Phi) is 1.58. The lowest BCUT2D eigenvalue weighted by Crippen LogP contribution is -2.24. The fraction of sp³-hybridized carbons (Fsp3) is 0.385. The molecule has 2 unspecified atom stereocenters. The van der Waals surface area contributed by atoms with Gasteiger partial charge in [-0.05, 0) is 24.0 Å². The van der Waals surface area contributed by atoms with Crippen LogP contribution in [0.4, 0.5) is 0 Å². The number of carbonyl (C=O) groups is 2. The number of ketones is 1. The first-order valence-corrected chi connectivity index (χ1v) is 5.99. The molecule has 5 heteroatoms. The number of allylic oxidation sites excluding steroid dienone is 2. The molecule has 1 aliphatic heterocycles. The average molecular weight is 244 g/mol. The number of piperidine rings is 1. The van der Waals surface area contributed by atoms with Crippen molar-refractivity contribution in [2.45, 2.75) is 11.8 Å². The molecule has 92 valence electrons. The second kappa shape index (κ2) is 2.85. The maximum absolute atomic E-state index is 12.0. The Morgan fingerprint density at radius 1 is 1.56 bits per heavy atom. The number of rotatable bonds is 1. The number of H-pyrrole nitrogens is 1. The third-order valence-electron chi connectivity index (χ3n) is 4.35. The number of fused-ring (bicyclic) bond motifs is 1. The third kappa shape index (κ3) is 0.939. The van der Waals surface area contributed by atoms with E-state index in [1.807, 2.05) is 0 Å². The lowest BCUT2D eigenvalue weighted by Gasteiger charge is -2.20. The Hall–Kier alpha value is -2.04. The number of methoxy groups -OCH3 is 1. The lowest BCUT2D eigenvalue weighted by molar-refractivity contribution is 0.0595. The van der Waals surface area contributed by atoms with Gasteiger partial charge in [-0.25, -0.2) is 4.79 Å². The van der Waals surface area contributed by atoms with Crippen LogP contribution in [0.5, 0.6) is 0 Å². The van der Waals surface area contributed by atoms with E-state index in [0.29, 0.717) is 17.3 Å². The Bertz CT molecular complexity index is 628. The van der Waals surface area contributed by atoms with Crippen molar-refractivity contribution < 1.29 is 14.3 Å². The van der Waals surface area contributed by atoms with E-state index in [2.05, 4.69) is 10.3 Å². The van der Waals surface area contributed by atoms with Crippen LogP contribution in [0.25, 0.3) is 0 Å². The van der Waals surface area contributed by atoms with E-state index in [-0.39, 0.29) is 11.2 Å². The molecule has 18 heavy (non-hydrogen) atoms. The van der Waals surface area contributed by atoms with E-state index in [1.165, 1.54) is 7.11 Å². The summed E-state index contributed by atoms with van der Waals surface area (Å²) in [6.07, 6.45) is 2.72. The Balaban J connectivity index is 1.90. The maximum atomic E-state index is 12.0. The summed E-state index contributed by atoms with van der Waals surface area (Å²) in [5.41, 5.74) is 2.84. The molecule has 0 radical (unpaired) electrons. The zero-order valence-electron chi connectivity index (χ0n) is 9.87. The second-order valence-corrected chi connectivity index (χ2v) is 5.14. The number of hydrogen-bond donors (Lipinski definition) is 2. The minimum absolute atomic E-state index is 0.0357. The van der Waals surface area contributed by atoms with Gasteiger partial charge >= 0.3 is 5.97 Å². The van der Waals surface area contributed by atoms with E-state index in [4.69, 9.17) is 4.74 Å². The summed E-state index contributed by atoms with van der Waals surface area (Å²) >= 11 is 0. The van der Waals surface area contributed by atoms with Gasteiger partial charge in [0.15, 0.2) is 0 Å². The number of aromatic nitrogens is 1. The van der Waals surface area contributed by atoms with Crippen molar-refractivity contribution in [3.63, 3.8) is 0 Å². The highest BCUT2D eigenvalue weighted by Gasteiger charge is 2.64. The number of nitrogens with one attached hydrogen (secondary N) is 2. The summed E-state index contributed by atoms with van der Waals surface area (Å²) in [7, 11) is 1.34. The average Bonchev–Trinajstić information content (AvgIpc) is 2.75. The van der Waals surface area contributed by atoms with Crippen LogP contribution in [0.3, 0.4) is 0 Å². The Morgan fingerprint density at radius 3 is 3.11 bits per heavy atom. The largest absolute Gasteiger partial charge is 0.464 e. The quantitative estimate of drug-likeness (QED) is 0.715. The van der Waals surface area contributed by atoms with Crippen LogP contribution in [-0.4, -0.2) is 30.4 Å². The number of aromatic amines is 1. The van der Waals surface area contributed by atoms with Gasteiger partial charge in [-0.2, -0.15) is 0 Å². The van der Waals surface area contributed by atoms with E-state index in [1.54, 1.807) is 12.1 Å². The topological polar surface area (TPSA) is 71.2 Å². The summed E-state index contributed by atoms with van der Waals surface area (Å²) in [4.78, 5) is 26.5. The van der Waals surface area contributed by atoms with E-state index >= 15 is 0 Å². The number of ether oxygens (including phenoxy) is 1. The molecule has 1 saturated heterocycles. The van der Waals surface area contributed by atoms with Gasteiger partial charge in [0.05, 0.1) is 12.8 Å². The van der Waals surface area contributed by atoms with Crippen LogP contribution >= 0.6 is 0 Å². The zero-order chi connectivity index (χ0) is 12.5. The molecule has 5 nitrogen and oxygen atoms in total. The molecule has 0 aromatic carbocycles. The van der Waals surface area contributed by atoms with Gasteiger partial charge in [-0.15, -0.1) is 0 Å². The Labute approximate surface area is 103 Å². The van der Waals surface area contributed by atoms with Gasteiger partial charge in [-0.1, -0.05) is 0 Å². The molecule has 1 saturated carbocycles. The predicted molar refractivity (Wildman–Crippen MR) is 62.3 cm³/mol. The van der Waals surface area contributed by atoms with Crippen LogP contribution in [0, 0.1) is 5.92 Å². The summed E-state index contributed by atoms with van der Waals surface area (Å²) in [6.45, 7) is 0.914. The first kappa shape index (κ1) is 9.94. The molecule has 1 aromatic rings. The van der Waals surface area contributed by atoms with Crippen LogP contribution < -0.4 is 5.32 Å². The van der Waals surface area contributed by atoms with Crippen molar-refractivity contribution in [2.75, 3.05) is 13.7 Å². The normalized spacial score (nSPS) is 30.8. The fourth-order valence-corrected chi connectivity index (χ4v) is 3.38. The zero-order valence-corrected chi connectivity index (χ0v) is 9.87. The van der Waals surface area contributed by atoms with Gasteiger partial charge in [0.1, 0.15) is 5.69 Å². The minimum Gasteiger partial charge on any atom is -0.464 e. The molecule has 0 amide bonds. The molecule has 2 atom stereocenters. The molecule has 2 heterocycles. The van der Waals surface area contributed by atoms with Crippen molar-refractivity contribution in [1.82, 2.24) is 10.3 Å². The molecule has 3 aliphatic rings. The Morgan fingerprint density at radius 2 is 2.39 bits per heavy atom. The molecule has 2 aliphatic carbocycles. The van der Waals surface area contributed by atoms with Crippen molar-refractivity contribution in [1.29, 1.82) is 0 Å². The molecule has 2 fully saturated rings. The molecular weight excluding hydrogens is 232 g/mol. The molecular formula is C13H12N2O3. The van der Waals surface area contributed by atoms with Gasteiger partial charge in [0, 0.05) is 23.7 Å². The van der Waals surface area contributed by atoms with Crippen molar-refractivity contribution in [3.05, 3.63) is 34.8 Å². The third-order valence-corrected chi connectivity index (χ3v) is 4.35. The van der Waals surface area contributed by atoms with E-state index in [0.717, 1.165) is 24.2 Å². The molecule has 2 N–H and O–H groups in total. The first-order valence-electron chi connectivity index (χ1n) is 5.99. The molecule has 4 rings (SSSR count). The molecule has 0 bridgehead atoms. The summed E-state index contributed by atoms with van der Waals surface area (Å²) in [5.74, 6) is 0.0519. The van der Waals surface area contributed by atoms with Crippen LogP contribution in [-0.2, 0) is 10.2 Å². The van der Waals surface area contributed by atoms with Crippen LogP contribution in [0.2, 0.25) is 0 Å². The highest BCUT2D eigenvalue weighted by Crippen LogP contribution is 2.63. The summed E-state index contributed by atoms with van der Waals surface area (Å²) < 4.78 is 4.69. The standard InChI is InChI=1S/C13H12N2O3/c1-18-12(17)8-2-7-11(15-8)9(16)3-10-13(7)4-6(13)5-14-10/h2-3,6,14-15H,4-5H2,1H3. The number of hydrogen-bond acceptors (Lipinski definition) is 4. The first-order chi connectivity index (χ1) is 8.66. The van der Waals surface area contributed by atoms with Crippen molar-refractivity contribution in [3.8, 4) is 0 Å². The maximum Gasteiger partial charge on any atom is 0.354 e. The van der Waals surface area contributed by atoms with Gasteiger partial charge < -0.3 is 15.0 Å². The summed E-state index contributed by atoms with van der Waals surface area (Å²) in [6, 6.07) is 1.78. The second-order valence-electron chi connectivity index (χ2n) is 5.14. The smallest absolute Gasteiger partial charge is 0.354 e. The highest BCUT2D eigenvalue weighted by molar-refractivity contribution is 6.08. The number of carbonyl (C=O) groups excluding carboxylic acids is 2. The van der Waals surface area contributed by atoms with Crippen molar-refractivity contribution >= 4 is 11.8 Å². The summed E-state index contributed by atoms with van der Waals surface area (Å²) in [5, 5.41) is 3.28. The van der Waals surface area contributed by atoms with Crippen molar-refractivity contribution in [2.24, 2.45) is 5.92 Å². The monoisotopic (exact) mass is 244 g/mol. The molecule has 1 aromatic heterocycles. The van der Waals surface area contributed by atoms with Crippen LogP contribution in [0.1, 0.15) is 33.0 Å². The number of esters is 1. The highest BCUT2D eigenvalue weighted by atomic mass is 16.5. The SMILES string of the molecule is COC(=O)c1cc2c([nH]1)C(=O)C=C1NCC3CC123.